The van der Waals surface area contributed by atoms with Gasteiger partial charge in [0.15, 0.2) is 0 Å². The molecule has 1 aliphatic heterocycles. The first-order valence-electron chi connectivity index (χ1n) is 7.39. The molecular weight excluding hydrogens is 270 g/mol. The topological polar surface area (TPSA) is 97.3 Å². The molecule has 3 N–H and O–H groups in total. The first kappa shape index (κ1) is 15.7. The Bertz CT molecular complexity index is 457. The Morgan fingerprint density at radius 3 is 2.76 bits per heavy atom. The largest absolute Gasteiger partial charge is 0.358 e. The first-order chi connectivity index (χ1) is 10.00. The second-order valence-electron chi connectivity index (χ2n) is 5.94. The van der Waals surface area contributed by atoms with Gasteiger partial charge in [0.1, 0.15) is 11.6 Å². The normalized spacial score (nSPS) is 25.5. The van der Waals surface area contributed by atoms with Crippen molar-refractivity contribution in [3.05, 3.63) is 0 Å². The van der Waals surface area contributed by atoms with Crippen molar-refractivity contribution in [1.29, 1.82) is 5.26 Å². The molecule has 2 aliphatic rings. The third-order valence-corrected chi connectivity index (χ3v) is 4.28. The number of amides is 2. The lowest BCUT2D eigenvalue weighted by atomic mass is 9.98. The smallest absolute Gasteiger partial charge is 0.238 e. The average molecular weight is 293 g/mol. The molecule has 0 spiro atoms. The van der Waals surface area contributed by atoms with E-state index in [1.807, 2.05) is 4.90 Å². The number of nitriles is 1. The van der Waals surface area contributed by atoms with Gasteiger partial charge in [0.2, 0.25) is 11.8 Å². The minimum Gasteiger partial charge on any atom is -0.358 e. The second kappa shape index (κ2) is 6.41. The zero-order valence-corrected chi connectivity index (χ0v) is 12.6. The molecule has 1 aliphatic carbocycles. The van der Waals surface area contributed by atoms with Gasteiger partial charge in [-0.2, -0.15) is 5.26 Å². The molecule has 0 aromatic rings. The highest BCUT2D eigenvalue weighted by Crippen LogP contribution is 2.39. The van der Waals surface area contributed by atoms with Crippen LogP contribution in [0.2, 0.25) is 0 Å². The van der Waals surface area contributed by atoms with E-state index in [1.165, 1.54) is 0 Å². The van der Waals surface area contributed by atoms with E-state index in [2.05, 4.69) is 22.0 Å². The Balaban J connectivity index is 1.94. The highest BCUT2D eigenvalue weighted by Gasteiger charge is 2.43. The number of carbonyl (C=O) groups excluding carboxylic acids is 2. The van der Waals surface area contributed by atoms with Gasteiger partial charge in [-0.3, -0.25) is 14.5 Å². The van der Waals surface area contributed by atoms with Gasteiger partial charge in [-0.1, -0.05) is 0 Å². The van der Waals surface area contributed by atoms with Crippen molar-refractivity contribution in [1.82, 2.24) is 20.9 Å². The number of hydrogen-bond acceptors (Lipinski definition) is 5. The Hall–Kier alpha value is -1.65. The van der Waals surface area contributed by atoms with E-state index < -0.39 is 5.54 Å². The maximum absolute atomic E-state index is 12.2. The summed E-state index contributed by atoms with van der Waals surface area (Å²) < 4.78 is 0. The Morgan fingerprint density at radius 2 is 2.19 bits per heavy atom. The number of rotatable bonds is 5. The fourth-order valence-corrected chi connectivity index (χ4v) is 2.76. The summed E-state index contributed by atoms with van der Waals surface area (Å²) in [6.07, 6.45) is 1.97. The number of likely N-dealkylation sites (N-methyl/N-ethyl adjacent to an activating group) is 1. The van der Waals surface area contributed by atoms with Crippen molar-refractivity contribution in [2.45, 2.75) is 31.3 Å². The highest BCUT2D eigenvalue weighted by molar-refractivity contribution is 5.84. The summed E-state index contributed by atoms with van der Waals surface area (Å²) in [5, 5.41) is 17.9. The van der Waals surface area contributed by atoms with Gasteiger partial charge in [-0.15, -0.1) is 0 Å². The number of carbonyl (C=O) groups is 2. The fraction of sp³-hybridized carbons (Fsp3) is 0.786. The second-order valence-corrected chi connectivity index (χ2v) is 5.94. The van der Waals surface area contributed by atoms with Crippen LogP contribution >= 0.6 is 0 Å². The van der Waals surface area contributed by atoms with Crippen LogP contribution in [0.1, 0.15) is 19.8 Å². The van der Waals surface area contributed by atoms with E-state index in [1.54, 1.807) is 14.0 Å². The summed E-state index contributed by atoms with van der Waals surface area (Å²) in [5.41, 5.74) is -0.784. The van der Waals surface area contributed by atoms with Crippen molar-refractivity contribution >= 4 is 11.8 Å². The van der Waals surface area contributed by atoms with Crippen LogP contribution in [0.4, 0.5) is 0 Å². The van der Waals surface area contributed by atoms with E-state index in [0.29, 0.717) is 13.1 Å². The molecule has 7 nitrogen and oxygen atoms in total. The molecule has 7 heteroatoms. The van der Waals surface area contributed by atoms with Crippen LogP contribution in [0, 0.1) is 17.2 Å². The molecule has 1 heterocycles. The predicted octanol–water partition coefficient (Wildman–Crippen LogP) is -1.19. The Kier molecular flexibility index (Phi) is 4.80. The van der Waals surface area contributed by atoms with E-state index >= 15 is 0 Å². The van der Waals surface area contributed by atoms with Crippen LogP contribution in [0.15, 0.2) is 0 Å². The molecular formula is C14H23N5O2. The molecule has 2 amide bonds. The zero-order chi connectivity index (χ0) is 15.5. The number of piperazine rings is 1. The maximum Gasteiger partial charge on any atom is 0.238 e. The molecule has 1 saturated carbocycles. The average Bonchev–Trinajstić information content (AvgIpc) is 3.31. The van der Waals surface area contributed by atoms with E-state index in [-0.39, 0.29) is 30.3 Å². The summed E-state index contributed by atoms with van der Waals surface area (Å²) >= 11 is 0. The van der Waals surface area contributed by atoms with Gasteiger partial charge in [-0.25, -0.2) is 0 Å². The Labute approximate surface area is 125 Å². The van der Waals surface area contributed by atoms with E-state index in [4.69, 9.17) is 0 Å². The summed E-state index contributed by atoms with van der Waals surface area (Å²) in [6, 6.07) is 1.87. The van der Waals surface area contributed by atoms with Crippen LogP contribution in [0.3, 0.4) is 0 Å². The van der Waals surface area contributed by atoms with Gasteiger partial charge in [-0.05, 0) is 25.7 Å². The lowest BCUT2D eigenvalue weighted by molar-refractivity contribution is -0.129. The summed E-state index contributed by atoms with van der Waals surface area (Å²) in [7, 11) is 1.59. The van der Waals surface area contributed by atoms with Gasteiger partial charge in [0.05, 0.1) is 12.6 Å². The van der Waals surface area contributed by atoms with Crippen LogP contribution in [-0.2, 0) is 9.59 Å². The lowest BCUT2D eigenvalue weighted by Gasteiger charge is -2.35. The van der Waals surface area contributed by atoms with Crippen LogP contribution in [-0.4, -0.2) is 61.5 Å². The van der Waals surface area contributed by atoms with Crippen LogP contribution in [0.25, 0.3) is 0 Å². The molecule has 2 rings (SSSR count). The van der Waals surface area contributed by atoms with Crippen LogP contribution in [0.5, 0.6) is 0 Å². The highest BCUT2D eigenvalue weighted by atomic mass is 16.2. The monoisotopic (exact) mass is 293 g/mol. The fourth-order valence-electron chi connectivity index (χ4n) is 2.76. The first-order valence-corrected chi connectivity index (χ1v) is 7.39. The zero-order valence-electron chi connectivity index (χ0n) is 12.6. The SMILES string of the molecule is CNC(=O)C1CNCCN1CC(=O)NC(C)(C#N)C1CC1. The summed E-state index contributed by atoms with van der Waals surface area (Å²) in [6.45, 7) is 3.84. The van der Waals surface area contributed by atoms with Crippen molar-refractivity contribution in [3.63, 3.8) is 0 Å². The predicted molar refractivity (Wildman–Crippen MR) is 77.2 cm³/mol. The quantitative estimate of drug-likeness (QED) is 0.592. The minimum atomic E-state index is -0.784. The minimum absolute atomic E-state index is 0.0970. The Morgan fingerprint density at radius 1 is 1.48 bits per heavy atom. The van der Waals surface area contributed by atoms with E-state index in [9.17, 15) is 14.9 Å². The molecule has 0 radical (unpaired) electrons. The number of nitrogens with one attached hydrogen (secondary N) is 3. The van der Waals surface area contributed by atoms with Gasteiger partial charge in [0, 0.05) is 26.7 Å². The van der Waals surface area contributed by atoms with Crippen LogP contribution < -0.4 is 16.0 Å². The molecule has 0 bridgehead atoms. The molecule has 2 fully saturated rings. The molecule has 21 heavy (non-hydrogen) atoms. The molecule has 2 atom stereocenters. The number of hydrogen-bond donors (Lipinski definition) is 3. The van der Waals surface area contributed by atoms with E-state index in [0.717, 1.165) is 19.4 Å². The standard InChI is InChI=1S/C14H23N5O2/c1-14(9-15,10-3-4-10)18-12(20)8-19-6-5-17-7-11(19)13(21)16-2/h10-11,17H,3-8H2,1-2H3,(H,16,21)(H,18,20). The molecule has 0 aromatic heterocycles. The third kappa shape index (κ3) is 3.71. The molecule has 2 unspecified atom stereocenters. The van der Waals surface area contributed by atoms with Crippen molar-refractivity contribution in [2.75, 3.05) is 33.2 Å². The third-order valence-electron chi connectivity index (χ3n) is 4.28. The lowest BCUT2D eigenvalue weighted by Crippen LogP contribution is -2.60. The van der Waals surface area contributed by atoms with Gasteiger partial charge in [0.25, 0.3) is 0 Å². The maximum atomic E-state index is 12.2. The number of nitrogens with zero attached hydrogens (tertiary/aromatic N) is 2. The summed E-state index contributed by atoms with van der Waals surface area (Å²) in [5.74, 6) is -0.0359. The van der Waals surface area contributed by atoms with Gasteiger partial charge >= 0.3 is 0 Å². The van der Waals surface area contributed by atoms with Gasteiger partial charge < -0.3 is 16.0 Å². The summed E-state index contributed by atoms with van der Waals surface area (Å²) in [4.78, 5) is 25.9. The molecule has 1 saturated heterocycles. The van der Waals surface area contributed by atoms with Crippen molar-refractivity contribution in [2.24, 2.45) is 5.92 Å². The molecule has 0 aromatic carbocycles. The van der Waals surface area contributed by atoms with Crippen molar-refractivity contribution in [3.8, 4) is 6.07 Å². The van der Waals surface area contributed by atoms with Crippen molar-refractivity contribution < 1.29 is 9.59 Å². The molecule has 116 valence electrons.